The minimum absolute atomic E-state index is 0.306. The highest BCUT2D eigenvalue weighted by atomic mass is 32.2. The van der Waals surface area contributed by atoms with Crippen LogP contribution in [0.2, 0.25) is 0 Å². The van der Waals surface area contributed by atoms with Gasteiger partial charge in [0.2, 0.25) is 9.84 Å². The number of aromatic amines is 1. The highest BCUT2D eigenvalue weighted by molar-refractivity contribution is 7.91. The molecule has 0 spiro atoms. The van der Waals surface area contributed by atoms with Crippen molar-refractivity contribution in [2.75, 3.05) is 6.54 Å². The molecule has 118 valence electrons. The van der Waals surface area contributed by atoms with Crippen molar-refractivity contribution in [3.05, 3.63) is 53.3 Å². The van der Waals surface area contributed by atoms with Crippen molar-refractivity contribution in [2.24, 2.45) is 0 Å². The van der Waals surface area contributed by atoms with E-state index in [4.69, 9.17) is 0 Å². The normalized spacial score (nSPS) is 14.8. The molecule has 5 nitrogen and oxygen atoms in total. The minimum atomic E-state index is -3.54. The second kappa shape index (κ2) is 5.18. The maximum Gasteiger partial charge on any atom is 0.206 e. The molecule has 1 aliphatic heterocycles. The van der Waals surface area contributed by atoms with Crippen LogP contribution in [0.5, 0.6) is 0 Å². The predicted octanol–water partition coefficient (Wildman–Crippen LogP) is 2.35. The Hall–Kier alpha value is -2.18. The monoisotopic (exact) mass is 327 g/mol. The first-order valence-corrected chi connectivity index (χ1v) is 9.07. The quantitative estimate of drug-likeness (QED) is 0.758. The summed E-state index contributed by atoms with van der Waals surface area (Å²) in [4.78, 5) is 8.15. The average Bonchev–Trinajstić information content (AvgIpc) is 2.93. The lowest BCUT2D eigenvalue weighted by atomic mass is 10.0. The van der Waals surface area contributed by atoms with Crippen molar-refractivity contribution in [2.45, 2.75) is 29.7 Å². The van der Waals surface area contributed by atoms with Gasteiger partial charge in [0, 0.05) is 6.54 Å². The fraction of sp³-hybridized carbons (Fsp3) is 0.235. The zero-order valence-corrected chi connectivity index (χ0v) is 13.6. The first kappa shape index (κ1) is 14.4. The third-order valence-electron chi connectivity index (χ3n) is 4.27. The molecule has 0 fully saturated rings. The Kier molecular flexibility index (Phi) is 3.25. The van der Waals surface area contributed by atoms with Crippen molar-refractivity contribution in [3.63, 3.8) is 0 Å². The summed E-state index contributed by atoms with van der Waals surface area (Å²) in [5.74, 6) is 0.776. The number of H-pyrrole nitrogens is 1. The van der Waals surface area contributed by atoms with E-state index in [1.54, 1.807) is 24.3 Å². The standard InChI is InChI=1S/C17H17N3O2S/c1-11-19-15-6-5-13(9-16(15)20-11)23(21,22)17-4-2-3-12-10-18-8-7-14(12)17/h2-6,9,18H,7-8,10H2,1H3,(H,19,20). The lowest BCUT2D eigenvalue weighted by Gasteiger charge is -2.20. The Bertz CT molecular complexity index is 1010. The molecule has 2 aromatic carbocycles. The Morgan fingerprint density at radius 1 is 1.17 bits per heavy atom. The number of nitrogens with one attached hydrogen (secondary N) is 2. The van der Waals surface area contributed by atoms with Gasteiger partial charge in [0.25, 0.3) is 0 Å². The molecule has 0 radical (unpaired) electrons. The lowest BCUT2D eigenvalue weighted by molar-refractivity contribution is 0.589. The number of nitrogens with zero attached hydrogens (tertiary/aromatic N) is 1. The molecule has 0 unspecified atom stereocenters. The molecule has 6 heteroatoms. The smallest absolute Gasteiger partial charge is 0.206 e. The number of aryl methyl sites for hydroxylation is 1. The molecular formula is C17H17N3O2S. The summed E-state index contributed by atoms with van der Waals surface area (Å²) in [5.41, 5.74) is 3.53. The zero-order chi connectivity index (χ0) is 16.0. The van der Waals surface area contributed by atoms with E-state index < -0.39 is 9.84 Å². The van der Waals surface area contributed by atoms with Gasteiger partial charge in [0.05, 0.1) is 20.8 Å². The number of imidazole rings is 1. The molecule has 0 amide bonds. The van der Waals surface area contributed by atoms with Gasteiger partial charge in [-0.2, -0.15) is 0 Å². The van der Waals surface area contributed by atoms with Crippen molar-refractivity contribution in [3.8, 4) is 0 Å². The highest BCUT2D eigenvalue weighted by Gasteiger charge is 2.24. The number of hydrogen-bond donors (Lipinski definition) is 2. The van der Waals surface area contributed by atoms with Crippen LogP contribution in [0.1, 0.15) is 17.0 Å². The first-order chi connectivity index (χ1) is 11.1. The van der Waals surface area contributed by atoms with Gasteiger partial charge in [0.1, 0.15) is 5.82 Å². The van der Waals surface area contributed by atoms with Crippen molar-refractivity contribution in [1.82, 2.24) is 15.3 Å². The fourth-order valence-corrected chi connectivity index (χ4v) is 4.75. The van der Waals surface area contributed by atoms with Crippen molar-refractivity contribution in [1.29, 1.82) is 0 Å². The summed E-state index contributed by atoms with van der Waals surface area (Å²) in [6.45, 7) is 3.38. The molecule has 0 atom stereocenters. The molecule has 23 heavy (non-hydrogen) atoms. The van der Waals surface area contributed by atoms with Crippen LogP contribution in [0.4, 0.5) is 0 Å². The van der Waals surface area contributed by atoms with Crippen LogP contribution >= 0.6 is 0 Å². The number of benzene rings is 2. The van der Waals surface area contributed by atoms with Crippen LogP contribution in [-0.2, 0) is 22.8 Å². The van der Waals surface area contributed by atoms with Crippen molar-refractivity contribution < 1.29 is 8.42 Å². The molecule has 3 aromatic rings. The number of sulfone groups is 1. The van der Waals surface area contributed by atoms with Crippen LogP contribution in [0.15, 0.2) is 46.2 Å². The largest absolute Gasteiger partial charge is 0.342 e. The van der Waals surface area contributed by atoms with Gasteiger partial charge in [-0.05, 0) is 55.3 Å². The van der Waals surface area contributed by atoms with Gasteiger partial charge in [0.15, 0.2) is 0 Å². The molecular weight excluding hydrogens is 310 g/mol. The Labute approximate surface area is 134 Å². The van der Waals surface area contributed by atoms with E-state index in [2.05, 4.69) is 15.3 Å². The Balaban J connectivity index is 1.89. The van der Waals surface area contributed by atoms with Gasteiger partial charge >= 0.3 is 0 Å². The number of aromatic nitrogens is 2. The van der Waals surface area contributed by atoms with Gasteiger partial charge in [-0.15, -0.1) is 0 Å². The van der Waals surface area contributed by atoms with Crippen molar-refractivity contribution >= 4 is 20.9 Å². The molecule has 2 N–H and O–H groups in total. The van der Waals surface area contributed by atoms with Crippen LogP contribution < -0.4 is 5.32 Å². The second-order valence-corrected chi connectivity index (χ2v) is 7.74. The topological polar surface area (TPSA) is 74.8 Å². The van der Waals surface area contributed by atoms with Crippen LogP contribution in [0, 0.1) is 6.92 Å². The number of rotatable bonds is 2. The average molecular weight is 327 g/mol. The molecule has 0 bridgehead atoms. The molecule has 2 heterocycles. The lowest BCUT2D eigenvalue weighted by Crippen LogP contribution is -2.25. The van der Waals surface area contributed by atoms with E-state index in [0.717, 1.165) is 47.5 Å². The molecule has 0 saturated carbocycles. The van der Waals surface area contributed by atoms with E-state index in [0.29, 0.717) is 9.79 Å². The SMILES string of the molecule is Cc1nc2ccc(S(=O)(=O)c3cccc4c3CCNC4)cc2[nH]1. The van der Waals surface area contributed by atoms with E-state index in [-0.39, 0.29) is 0 Å². The van der Waals surface area contributed by atoms with Gasteiger partial charge in [-0.1, -0.05) is 12.1 Å². The summed E-state index contributed by atoms with van der Waals surface area (Å²) < 4.78 is 26.2. The molecule has 4 rings (SSSR count). The predicted molar refractivity (Wildman–Crippen MR) is 88.1 cm³/mol. The van der Waals surface area contributed by atoms with Gasteiger partial charge < -0.3 is 10.3 Å². The van der Waals surface area contributed by atoms with E-state index >= 15 is 0 Å². The zero-order valence-electron chi connectivity index (χ0n) is 12.8. The molecule has 1 aromatic heterocycles. The fourth-order valence-electron chi connectivity index (χ4n) is 3.16. The molecule has 0 saturated heterocycles. The maximum atomic E-state index is 13.1. The van der Waals surface area contributed by atoms with Crippen LogP contribution in [-0.4, -0.2) is 24.9 Å². The van der Waals surface area contributed by atoms with Crippen LogP contribution in [0.3, 0.4) is 0 Å². The maximum absolute atomic E-state index is 13.1. The summed E-state index contributed by atoms with van der Waals surface area (Å²) in [6, 6.07) is 10.6. The summed E-state index contributed by atoms with van der Waals surface area (Å²) >= 11 is 0. The number of fused-ring (bicyclic) bond motifs is 2. The van der Waals surface area contributed by atoms with Crippen LogP contribution in [0.25, 0.3) is 11.0 Å². The van der Waals surface area contributed by atoms with E-state index in [9.17, 15) is 8.42 Å². The van der Waals surface area contributed by atoms with E-state index in [1.165, 1.54) is 0 Å². The highest BCUT2D eigenvalue weighted by Crippen LogP contribution is 2.29. The summed E-state index contributed by atoms with van der Waals surface area (Å²) in [6.07, 6.45) is 0.732. The Morgan fingerprint density at radius 3 is 2.91 bits per heavy atom. The van der Waals surface area contributed by atoms with Gasteiger partial charge in [-0.25, -0.2) is 13.4 Å². The summed E-state index contributed by atoms with van der Waals surface area (Å²) in [5, 5.41) is 3.28. The number of hydrogen-bond acceptors (Lipinski definition) is 4. The van der Waals surface area contributed by atoms with E-state index in [1.807, 2.05) is 19.1 Å². The molecule has 1 aliphatic rings. The summed E-state index contributed by atoms with van der Waals surface area (Å²) in [7, 11) is -3.54. The third kappa shape index (κ3) is 2.34. The van der Waals surface area contributed by atoms with Gasteiger partial charge in [-0.3, -0.25) is 0 Å². The second-order valence-electron chi connectivity index (χ2n) is 5.83. The minimum Gasteiger partial charge on any atom is -0.342 e. The Morgan fingerprint density at radius 2 is 2.04 bits per heavy atom. The first-order valence-electron chi connectivity index (χ1n) is 7.59. The molecule has 0 aliphatic carbocycles. The third-order valence-corrected chi connectivity index (χ3v) is 6.10.